The van der Waals surface area contributed by atoms with E-state index in [0.717, 1.165) is 29.3 Å². The molecule has 1 aliphatic rings. The van der Waals surface area contributed by atoms with E-state index in [4.69, 9.17) is 0 Å². The summed E-state index contributed by atoms with van der Waals surface area (Å²) in [4.78, 5) is 38.0. The van der Waals surface area contributed by atoms with Crippen molar-refractivity contribution < 1.29 is 23.2 Å². The molecule has 1 aliphatic heterocycles. The van der Waals surface area contributed by atoms with Gasteiger partial charge in [-0.3, -0.25) is 14.5 Å². The van der Waals surface area contributed by atoms with Crippen molar-refractivity contribution in [1.82, 2.24) is 10.2 Å². The molecule has 6 nitrogen and oxygen atoms in total. The summed E-state index contributed by atoms with van der Waals surface area (Å²) in [6.45, 7) is 4.54. The first-order valence-electron chi connectivity index (χ1n) is 8.58. The molecule has 1 fully saturated rings. The van der Waals surface area contributed by atoms with Crippen LogP contribution in [-0.2, 0) is 15.1 Å². The van der Waals surface area contributed by atoms with Gasteiger partial charge in [0.25, 0.3) is 5.91 Å². The lowest BCUT2D eigenvalue weighted by atomic mass is 9.91. The number of nitrogens with one attached hydrogen (secondary N) is 2. The van der Waals surface area contributed by atoms with E-state index in [0.29, 0.717) is 10.6 Å². The number of rotatable bonds is 4. The van der Waals surface area contributed by atoms with Gasteiger partial charge in [-0.2, -0.15) is 0 Å². The predicted molar refractivity (Wildman–Crippen MR) is 98.5 cm³/mol. The molecular weight excluding hydrogens is 368 g/mol. The molecule has 1 saturated heterocycles. The summed E-state index contributed by atoms with van der Waals surface area (Å²) in [6.07, 6.45) is 0. The molecule has 1 atom stereocenters. The zero-order valence-corrected chi connectivity index (χ0v) is 15.6. The minimum Gasteiger partial charge on any atom is -0.325 e. The van der Waals surface area contributed by atoms with Crippen LogP contribution < -0.4 is 10.6 Å². The van der Waals surface area contributed by atoms with E-state index in [2.05, 4.69) is 10.6 Å². The number of urea groups is 1. The van der Waals surface area contributed by atoms with E-state index < -0.39 is 41.6 Å². The molecule has 28 heavy (non-hydrogen) atoms. The molecule has 0 radical (unpaired) electrons. The van der Waals surface area contributed by atoms with Crippen molar-refractivity contribution in [2.24, 2.45) is 0 Å². The summed E-state index contributed by atoms with van der Waals surface area (Å²) in [5.74, 6) is -3.00. The van der Waals surface area contributed by atoms with Crippen molar-refractivity contribution in [3.63, 3.8) is 0 Å². The number of anilines is 1. The summed E-state index contributed by atoms with van der Waals surface area (Å²) in [7, 11) is 0. The standard InChI is InChI=1S/C20H19F2N3O3/c1-11-4-6-14(8-12(11)2)23-17(26)10-25-18(27)20(3,24-19(25)28)15-9-13(21)5-7-16(15)22/h4-9H,10H2,1-3H3,(H,23,26)(H,24,28)/t20-/m1/s1. The molecule has 2 aromatic carbocycles. The lowest BCUT2D eigenvalue weighted by Crippen LogP contribution is -2.42. The Balaban J connectivity index is 1.79. The van der Waals surface area contributed by atoms with E-state index >= 15 is 0 Å². The summed E-state index contributed by atoms with van der Waals surface area (Å²) in [6, 6.07) is 7.10. The summed E-state index contributed by atoms with van der Waals surface area (Å²) >= 11 is 0. The number of carbonyl (C=O) groups excluding carboxylic acids is 3. The highest BCUT2D eigenvalue weighted by molar-refractivity contribution is 6.10. The smallest absolute Gasteiger partial charge is 0.325 e. The molecule has 2 N–H and O–H groups in total. The van der Waals surface area contributed by atoms with Gasteiger partial charge < -0.3 is 10.6 Å². The molecule has 0 aliphatic carbocycles. The molecule has 0 spiro atoms. The topological polar surface area (TPSA) is 78.5 Å². The fraction of sp³-hybridized carbons (Fsp3) is 0.250. The molecule has 4 amide bonds. The number of carbonyl (C=O) groups is 3. The second-order valence-electron chi connectivity index (χ2n) is 6.92. The Hall–Kier alpha value is -3.29. The largest absolute Gasteiger partial charge is 0.325 e. The molecule has 2 aromatic rings. The van der Waals surface area contributed by atoms with Crippen molar-refractivity contribution in [3.05, 3.63) is 64.7 Å². The van der Waals surface area contributed by atoms with Crippen LogP contribution in [0.2, 0.25) is 0 Å². The number of hydrogen-bond acceptors (Lipinski definition) is 3. The first-order valence-corrected chi connectivity index (χ1v) is 8.58. The van der Waals surface area contributed by atoms with Gasteiger partial charge in [0.15, 0.2) is 0 Å². The van der Waals surface area contributed by atoms with Gasteiger partial charge >= 0.3 is 6.03 Å². The molecule has 3 rings (SSSR count). The number of aryl methyl sites for hydroxylation is 2. The lowest BCUT2D eigenvalue weighted by Gasteiger charge is -2.22. The van der Waals surface area contributed by atoms with E-state index in [1.165, 1.54) is 6.92 Å². The third-order valence-corrected chi connectivity index (χ3v) is 4.83. The number of halogens is 2. The zero-order valence-electron chi connectivity index (χ0n) is 15.6. The third-order valence-electron chi connectivity index (χ3n) is 4.83. The highest BCUT2D eigenvalue weighted by Gasteiger charge is 2.50. The normalized spacial score (nSPS) is 19.0. The zero-order chi connectivity index (χ0) is 20.6. The van der Waals surface area contributed by atoms with Gasteiger partial charge in [0.05, 0.1) is 0 Å². The van der Waals surface area contributed by atoms with Crippen LogP contribution in [-0.4, -0.2) is 29.3 Å². The van der Waals surface area contributed by atoms with Gasteiger partial charge in [-0.25, -0.2) is 13.6 Å². The number of amides is 4. The molecule has 8 heteroatoms. The van der Waals surface area contributed by atoms with Gasteiger partial charge in [-0.1, -0.05) is 6.07 Å². The first-order chi connectivity index (χ1) is 13.1. The van der Waals surface area contributed by atoms with Crippen LogP contribution in [0.3, 0.4) is 0 Å². The molecule has 0 saturated carbocycles. The SMILES string of the molecule is Cc1ccc(NC(=O)CN2C(=O)N[C@](C)(c3cc(F)ccc3F)C2=O)cc1C. The fourth-order valence-electron chi connectivity index (χ4n) is 3.07. The maximum Gasteiger partial charge on any atom is 0.325 e. The van der Waals surface area contributed by atoms with Crippen LogP contribution in [0, 0.1) is 25.5 Å². The van der Waals surface area contributed by atoms with E-state index in [9.17, 15) is 23.2 Å². The number of nitrogens with zero attached hydrogens (tertiary/aromatic N) is 1. The molecule has 0 unspecified atom stereocenters. The van der Waals surface area contributed by atoms with Crippen LogP contribution >= 0.6 is 0 Å². The van der Waals surface area contributed by atoms with Gasteiger partial charge in [-0.05, 0) is 62.2 Å². The Kier molecular flexibility index (Phi) is 4.89. The predicted octanol–water partition coefficient (Wildman–Crippen LogP) is 2.99. The van der Waals surface area contributed by atoms with Crippen molar-refractivity contribution >= 4 is 23.5 Å². The Labute approximate surface area is 160 Å². The maximum atomic E-state index is 14.1. The Morgan fingerprint density at radius 1 is 1.11 bits per heavy atom. The minimum atomic E-state index is -1.80. The third kappa shape index (κ3) is 3.45. The monoisotopic (exact) mass is 387 g/mol. The van der Waals surface area contributed by atoms with Gasteiger partial charge in [0.2, 0.25) is 5.91 Å². The fourth-order valence-corrected chi connectivity index (χ4v) is 3.07. The van der Waals surface area contributed by atoms with Crippen molar-refractivity contribution in [2.45, 2.75) is 26.3 Å². The average molecular weight is 387 g/mol. The van der Waals surface area contributed by atoms with E-state index in [1.54, 1.807) is 12.1 Å². The summed E-state index contributed by atoms with van der Waals surface area (Å²) < 4.78 is 27.7. The molecule has 1 heterocycles. The molecule has 0 bridgehead atoms. The van der Waals surface area contributed by atoms with E-state index in [1.807, 2.05) is 19.9 Å². The summed E-state index contributed by atoms with van der Waals surface area (Å²) in [5, 5.41) is 4.97. The van der Waals surface area contributed by atoms with Crippen LogP contribution in [0.5, 0.6) is 0 Å². The quantitative estimate of drug-likeness (QED) is 0.792. The molecule has 0 aromatic heterocycles. The second kappa shape index (κ2) is 7.03. The minimum absolute atomic E-state index is 0.303. The van der Waals surface area contributed by atoms with Crippen LogP contribution in [0.25, 0.3) is 0 Å². The highest BCUT2D eigenvalue weighted by atomic mass is 19.1. The van der Waals surface area contributed by atoms with Crippen LogP contribution in [0.15, 0.2) is 36.4 Å². The lowest BCUT2D eigenvalue weighted by molar-refractivity contribution is -0.133. The molecule has 146 valence electrons. The van der Waals surface area contributed by atoms with Crippen molar-refractivity contribution in [1.29, 1.82) is 0 Å². The second-order valence-corrected chi connectivity index (χ2v) is 6.92. The van der Waals surface area contributed by atoms with Gasteiger partial charge in [-0.15, -0.1) is 0 Å². The first kappa shape index (κ1) is 19.5. The summed E-state index contributed by atoms with van der Waals surface area (Å²) in [5.41, 5.74) is 0.452. The Morgan fingerprint density at radius 2 is 1.82 bits per heavy atom. The van der Waals surface area contributed by atoms with Crippen molar-refractivity contribution in [3.8, 4) is 0 Å². The Bertz CT molecular complexity index is 993. The number of imide groups is 1. The maximum absolute atomic E-state index is 14.1. The van der Waals surface area contributed by atoms with Crippen LogP contribution in [0.4, 0.5) is 19.3 Å². The number of benzene rings is 2. The Morgan fingerprint density at radius 3 is 2.50 bits per heavy atom. The number of hydrogen-bond donors (Lipinski definition) is 2. The molecular formula is C20H19F2N3O3. The van der Waals surface area contributed by atoms with Crippen molar-refractivity contribution in [2.75, 3.05) is 11.9 Å². The highest BCUT2D eigenvalue weighted by Crippen LogP contribution is 2.31. The van der Waals surface area contributed by atoms with Crippen LogP contribution in [0.1, 0.15) is 23.6 Å². The van der Waals surface area contributed by atoms with E-state index in [-0.39, 0.29) is 5.56 Å². The van der Waals surface area contributed by atoms with Gasteiger partial charge in [0, 0.05) is 11.3 Å². The average Bonchev–Trinajstić information content (AvgIpc) is 2.84. The van der Waals surface area contributed by atoms with Gasteiger partial charge in [0.1, 0.15) is 23.7 Å².